The van der Waals surface area contributed by atoms with Gasteiger partial charge in [-0.25, -0.2) is 4.79 Å². The average Bonchev–Trinajstić information content (AvgIpc) is 2.27. The van der Waals surface area contributed by atoms with E-state index in [1.165, 1.54) is 7.11 Å². The summed E-state index contributed by atoms with van der Waals surface area (Å²) < 4.78 is 6.21. The van der Waals surface area contributed by atoms with Gasteiger partial charge in [-0.05, 0) is 6.42 Å². The minimum Gasteiger partial charge on any atom is -0.550 e. The molecule has 16 heavy (non-hydrogen) atoms. The fourth-order valence-corrected chi connectivity index (χ4v) is 1.33. The summed E-state index contributed by atoms with van der Waals surface area (Å²) in [5, 5.41) is 10.4. The zero-order valence-corrected chi connectivity index (χ0v) is 9.01. The molecule has 1 aromatic heterocycles. The zero-order chi connectivity index (χ0) is 12.0. The number of nitrogens with zero attached hydrogens (tertiary/aromatic N) is 1. The number of esters is 1. The van der Waals surface area contributed by atoms with Gasteiger partial charge in [0.05, 0.1) is 7.11 Å². The van der Waals surface area contributed by atoms with E-state index in [0.29, 0.717) is 6.42 Å². The van der Waals surface area contributed by atoms with Crippen molar-refractivity contribution >= 4 is 11.9 Å². The largest absolute Gasteiger partial charge is 0.550 e. The van der Waals surface area contributed by atoms with E-state index in [-0.39, 0.29) is 18.9 Å². The molecule has 0 aliphatic heterocycles. The number of carboxylic acid groups (broad SMARTS) is 1. The summed E-state index contributed by atoms with van der Waals surface area (Å²) in [5.74, 6) is -1.47. The fraction of sp³-hybridized carbons (Fsp3) is 0.364. The van der Waals surface area contributed by atoms with Crippen LogP contribution in [0.2, 0.25) is 0 Å². The molecule has 5 nitrogen and oxygen atoms in total. The lowest BCUT2D eigenvalue weighted by Gasteiger charge is -2.03. The first-order valence-electron chi connectivity index (χ1n) is 4.87. The lowest BCUT2D eigenvalue weighted by Crippen LogP contribution is -2.42. The van der Waals surface area contributed by atoms with Crippen LogP contribution in [-0.2, 0) is 27.3 Å². The molecule has 0 fully saturated rings. The van der Waals surface area contributed by atoms with Gasteiger partial charge in [-0.15, -0.1) is 0 Å². The Balaban J connectivity index is 2.74. The maximum Gasteiger partial charge on any atom is 0.372 e. The summed E-state index contributed by atoms with van der Waals surface area (Å²) in [6.45, 7) is 0.0831. The number of aliphatic carboxylic acids is 1. The maximum absolute atomic E-state index is 11.1. The first-order valence-corrected chi connectivity index (χ1v) is 4.87. The Morgan fingerprint density at radius 1 is 1.44 bits per heavy atom. The molecule has 1 rings (SSSR count). The summed E-state index contributed by atoms with van der Waals surface area (Å²) in [4.78, 5) is 21.5. The lowest BCUT2D eigenvalue weighted by molar-refractivity contribution is -0.693. The van der Waals surface area contributed by atoms with Gasteiger partial charge in [-0.1, -0.05) is 6.07 Å². The Morgan fingerprint density at radius 2 is 2.19 bits per heavy atom. The summed E-state index contributed by atoms with van der Waals surface area (Å²) in [5.41, 5.74) is 0.761. The number of hydrogen-bond donors (Lipinski definition) is 0. The fourth-order valence-electron chi connectivity index (χ4n) is 1.33. The number of ether oxygens (including phenoxy) is 1. The molecule has 86 valence electrons. The molecule has 0 radical (unpaired) electrons. The van der Waals surface area contributed by atoms with Gasteiger partial charge in [0.1, 0.15) is 0 Å². The highest BCUT2D eigenvalue weighted by atomic mass is 16.5. The standard InChI is InChI=1S/C11H13NO4/c1-16-11(15)8-12-7-3-2-4-9(12)5-6-10(13)14/h2-4,7H,5-6,8H2,1H3. The molecule has 0 bridgehead atoms. The molecular weight excluding hydrogens is 210 g/mol. The van der Waals surface area contributed by atoms with Crippen molar-refractivity contribution in [2.75, 3.05) is 7.11 Å². The monoisotopic (exact) mass is 223 g/mol. The number of methoxy groups -OCH3 is 1. The molecule has 0 spiro atoms. The normalized spacial score (nSPS) is 9.81. The zero-order valence-electron chi connectivity index (χ0n) is 9.01. The van der Waals surface area contributed by atoms with E-state index in [4.69, 9.17) is 0 Å². The van der Waals surface area contributed by atoms with Gasteiger partial charge >= 0.3 is 5.97 Å². The number of rotatable bonds is 5. The van der Waals surface area contributed by atoms with E-state index in [1.807, 2.05) is 0 Å². The topological polar surface area (TPSA) is 70.3 Å². The molecule has 0 atom stereocenters. The number of hydrogen-bond acceptors (Lipinski definition) is 4. The Morgan fingerprint density at radius 3 is 2.81 bits per heavy atom. The summed E-state index contributed by atoms with van der Waals surface area (Å²) in [6.07, 6.45) is 1.98. The molecule has 0 aliphatic carbocycles. The molecule has 1 aromatic rings. The first-order chi connectivity index (χ1) is 7.63. The van der Waals surface area contributed by atoms with Gasteiger partial charge < -0.3 is 14.6 Å². The second-order valence-corrected chi connectivity index (χ2v) is 3.27. The van der Waals surface area contributed by atoms with Crippen LogP contribution in [0.5, 0.6) is 0 Å². The Bertz CT molecular complexity index is 389. The van der Waals surface area contributed by atoms with E-state index in [1.54, 1.807) is 29.0 Å². The van der Waals surface area contributed by atoms with Gasteiger partial charge in [0.15, 0.2) is 11.9 Å². The molecule has 0 saturated carbocycles. The predicted molar refractivity (Wildman–Crippen MR) is 52.0 cm³/mol. The number of pyridine rings is 1. The molecular formula is C11H13NO4. The van der Waals surface area contributed by atoms with Crippen molar-refractivity contribution in [3.05, 3.63) is 30.1 Å². The highest BCUT2D eigenvalue weighted by Gasteiger charge is 2.14. The predicted octanol–water partition coefficient (Wildman–Crippen LogP) is -1.17. The van der Waals surface area contributed by atoms with Crippen molar-refractivity contribution in [2.24, 2.45) is 0 Å². The quantitative estimate of drug-likeness (QED) is 0.466. The Kier molecular flexibility index (Phi) is 4.44. The van der Waals surface area contributed by atoms with Crippen molar-refractivity contribution in [1.29, 1.82) is 0 Å². The number of aromatic nitrogens is 1. The van der Waals surface area contributed by atoms with E-state index in [2.05, 4.69) is 4.74 Å². The van der Waals surface area contributed by atoms with Crippen LogP contribution in [0.4, 0.5) is 0 Å². The number of carbonyl (C=O) groups excluding carboxylic acids is 2. The van der Waals surface area contributed by atoms with Crippen LogP contribution >= 0.6 is 0 Å². The van der Waals surface area contributed by atoms with Crippen LogP contribution in [0.15, 0.2) is 24.4 Å². The summed E-state index contributed by atoms with van der Waals surface area (Å²) in [7, 11) is 1.31. The highest BCUT2D eigenvalue weighted by Crippen LogP contribution is 1.96. The van der Waals surface area contributed by atoms with Crippen molar-refractivity contribution in [2.45, 2.75) is 19.4 Å². The Hall–Kier alpha value is -1.91. The minimum atomic E-state index is -1.10. The lowest BCUT2D eigenvalue weighted by atomic mass is 10.2. The van der Waals surface area contributed by atoms with Gasteiger partial charge in [0.25, 0.3) is 0 Å². The number of aryl methyl sites for hydroxylation is 1. The second-order valence-electron chi connectivity index (χ2n) is 3.27. The van der Waals surface area contributed by atoms with Crippen LogP contribution < -0.4 is 9.67 Å². The highest BCUT2D eigenvalue weighted by molar-refractivity contribution is 5.67. The maximum atomic E-state index is 11.1. The molecule has 0 unspecified atom stereocenters. The summed E-state index contributed by atoms with van der Waals surface area (Å²) >= 11 is 0. The molecule has 0 aromatic carbocycles. The van der Waals surface area contributed by atoms with Crippen LogP contribution in [0, 0.1) is 0 Å². The van der Waals surface area contributed by atoms with Crippen molar-refractivity contribution < 1.29 is 24.0 Å². The third-order valence-electron chi connectivity index (χ3n) is 2.15. The first kappa shape index (κ1) is 12.2. The smallest absolute Gasteiger partial charge is 0.372 e. The van der Waals surface area contributed by atoms with Gasteiger partial charge in [-0.2, -0.15) is 4.57 Å². The second kappa shape index (κ2) is 5.85. The van der Waals surface area contributed by atoms with Gasteiger partial charge in [-0.3, -0.25) is 0 Å². The summed E-state index contributed by atoms with van der Waals surface area (Å²) in [6, 6.07) is 5.33. The van der Waals surface area contributed by atoms with Crippen molar-refractivity contribution in [1.82, 2.24) is 0 Å². The van der Waals surface area contributed by atoms with Crippen molar-refractivity contribution in [3.8, 4) is 0 Å². The van der Waals surface area contributed by atoms with Gasteiger partial charge in [0.2, 0.25) is 6.54 Å². The number of carboxylic acids is 1. The molecule has 1 heterocycles. The third-order valence-corrected chi connectivity index (χ3v) is 2.15. The van der Waals surface area contributed by atoms with Gasteiger partial charge in [0, 0.05) is 24.5 Å². The third kappa shape index (κ3) is 3.68. The molecule has 0 N–H and O–H groups in total. The van der Waals surface area contributed by atoms with Crippen molar-refractivity contribution in [3.63, 3.8) is 0 Å². The molecule has 0 aliphatic rings. The molecule has 0 amide bonds. The SMILES string of the molecule is COC(=O)C[n+]1ccccc1CCC(=O)[O-]. The van der Waals surface area contributed by atoms with Crippen LogP contribution in [0.25, 0.3) is 0 Å². The molecule has 0 saturated heterocycles. The van der Waals surface area contributed by atoms with Crippen LogP contribution in [-0.4, -0.2) is 19.0 Å². The van der Waals surface area contributed by atoms with Crippen LogP contribution in [0.1, 0.15) is 12.1 Å². The minimum absolute atomic E-state index is 0.0643. The van der Waals surface area contributed by atoms with E-state index >= 15 is 0 Å². The Labute approximate surface area is 93.3 Å². The van der Waals surface area contributed by atoms with E-state index < -0.39 is 5.97 Å². The van der Waals surface area contributed by atoms with Crippen LogP contribution in [0.3, 0.4) is 0 Å². The average molecular weight is 223 g/mol. The number of carbonyl (C=O) groups is 2. The van der Waals surface area contributed by atoms with E-state index in [9.17, 15) is 14.7 Å². The van der Waals surface area contributed by atoms with E-state index in [0.717, 1.165) is 5.69 Å². The molecule has 5 heteroatoms.